The first-order valence-electron chi connectivity index (χ1n) is 6.63. The lowest BCUT2D eigenvalue weighted by Gasteiger charge is -2.19. The highest BCUT2D eigenvalue weighted by Gasteiger charge is 2.18. The number of aryl methyl sites for hydroxylation is 1. The Labute approximate surface area is 118 Å². The van der Waals surface area contributed by atoms with Gasteiger partial charge in [-0.15, -0.1) is 0 Å². The minimum absolute atomic E-state index is 0.138. The second-order valence-corrected chi connectivity index (χ2v) is 4.61. The van der Waals surface area contributed by atoms with Gasteiger partial charge in [-0.2, -0.15) is 0 Å². The van der Waals surface area contributed by atoms with Gasteiger partial charge in [-0.25, -0.2) is 4.79 Å². The molecular formula is C14H22N4O2. The van der Waals surface area contributed by atoms with E-state index in [1.807, 2.05) is 31.2 Å². The van der Waals surface area contributed by atoms with E-state index < -0.39 is 12.1 Å². The number of hydrogen-bond donors (Lipinski definition) is 4. The second kappa shape index (κ2) is 8.16. The monoisotopic (exact) mass is 278 g/mol. The summed E-state index contributed by atoms with van der Waals surface area (Å²) in [4.78, 5) is 22.9. The zero-order valence-electron chi connectivity index (χ0n) is 11.7. The van der Waals surface area contributed by atoms with Crippen molar-refractivity contribution < 1.29 is 9.59 Å². The molecule has 0 spiro atoms. The average Bonchev–Trinajstić information content (AvgIpc) is 2.38. The predicted octanol–water partition coefficient (Wildman–Crippen LogP) is 0.560. The van der Waals surface area contributed by atoms with E-state index in [4.69, 9.17) is 11.5 Å². The van der Waals surface area contributed by atoms with Crippen LogP contribution in [0.4, 0.5) is 4.79 Å². The Kier molecular flexibility index (Phi) is 6.52. The van der Waals surface area contributed by atoms with E-state index in [9.17, 15) is 9.59 Å². The van der Waals surface area contributed by atoms with Crippen LogP contribution in [-0.2, 0) is 4.79 Å². The Hall–Kier alpha value is -2.08. The van der Waals surface area contributed by atoms with Crippen LogP contribution in [0.15, 0.2) is 24.3 Å². The van der Waals surface area contributed by atoms with Gasteiger partial charge in [0.1, 0.15) is 0 Å². The van der Waals surface area contributed by atoms with Gasteiger partial charge in [0.05, 0.1) is 12.5 Å². The fraction of sp³-hybridized carbons (Fsp3) is 0.429. The van der Waals surface area contributed by atoms with Crippen LogP contribution >= 0.6 is 0 Å². The molecule has 0 bridgehead atoms. The van der Waals surface area contributed by atoms with Crippen LogP contribution < -0.4 is 22.1 Å². The Balaban J connectivity index is 2.72. The minimum Gasteiger partial charge on any atom is -0.356 e. The third-order valence-corrected chi connectivity index (χ3v) is 2.97. The van der Waals surface area contributed by atoms with Crippen molar-refractivity contribution in [2.45, 2.75) is 25.8 Å². The summed E-state index contributed by atoms with van der Waals surface area (Å²) in [5, 5.41) is 5.38. The lowest BCUT2D eigenvalue weighted by molar-refractivity contribution is -0.121. The highest BCUT2D eigenvalue weighted by atomic mass is 16.2. The molecule has 20 heavy (non-hydrogen) atoms. The molecule has 3 amide bonds. The molecule has 6 nitrogen and oxygen atoms in total. The molecular weight excluding hydrogens is 256 g/mol. The molecule has 1 aromatic rings. The molecule has 0 aliphatic heterocycles. The quantitative estimate of drug-likeness (QED) is 0.547. The standard InChI is InChI=1S/C14H22N4O2/c1-10-5-2-3-6-11(10)12(18-14(16)20)9-13(19)17-8-4-7-15/h2-3,5-6,12H,4,7-9,15H2,1H3,(H,17,19)(H3,16,18,20). The van der Waals surface area contributed by atoms with Crippen molar-refractivity contribution in [3.05, 3.63) is 35.4 Å². The van der Waals surface area contributed by atoms with Gasteiger partial charge in [0.25, 0.3) is 0 Å². The molecule has 0 aliphatic rings. The molecule has 0 saturated heterocycles. The summed E-state index contributed by atoms with van der Waals surface area (Å²) in [7, 11) is 0. The second-order valence-electron chi connectivity index (χ2n) is 4.61. The van der Waals surface area contributed by atoms with Crippen LogP contribution in [-0.4, -0.2) is 25.0 Å². The molecule has 0 saturated carbocycles. The number of urea groups is 1. The SMILES string of the molecule is Cc1ccccc1C(CC(=O)NCCCN)NC(N)=O. The zero-order chi connectivity index (χ0) is 15.0. The first-order valence-corrected chi connectivity index (χ1v) is 6.63. The van der Waals surface area contributed by atoms with Crippen molar-refractivity contribution in [2.24, 2.45) is 11.5 Å². The third-order valence-electron chi connectivity index (χ3n) is 2.97. The van der Waals surface area contributed by atoms with Crippen molar-refractivity contribution in [1.29, 1.82) is 0 Å². The summed E-state index contributed by atoms with van der Waals surface area (Å²) >= 11 is 0. The van der Waals surface area contributed by atoms with E-state index in [1.54, 1.807) is 0 Å². The maximum Gasteiger partial charge on any atom is 0.312 e. The molecule has 1 aromatic carbocycles. The molecule has 6 heteroatoms. The van der Waals surface area contributed by atoms with Gasteiger partial charge in [-0.3, -0.25) is 4.79 Å². The lowest BCUT2D eigenvalue weighted by Crippen LogP contribution is -2.37. The van der Waals surface area contributed by atoms with Crippen molar-refractivity contribution in [2.75, 3.05) is 13.1 Å². The number of benzene rings is 1. The zero-order valence-corrected chi connectivity index (χ0v) is 11.7. The summed E-state index contributed by atoms with van der Waals surface area (Å²) in [6.45, 7) is 2.99. The lowest BCUT2D eigenvalue weighted by atomic mass is 9.98. The van der Waals surface area contributed by atoms with E-state index in [0.717, 1.165) is 17.5 Å². The van der Waals surface area contributed by atoms with Crippen LogP contribution in [0.5, 0.6) is 0 Å². The number of hydrogen-bond acceptors (Lipinski definition) is 3. The fourth-order valence-corrected chi connectivity index (χ4v) is 1.98. The molecule has 0 aromatic heterocycles. The van der Waals surface area contributed by atoms with Crippen molar-refractivity contribution in [1.82, 2.24) is 10.6 Å². The number of amides is 3. The van der Waals surface area contributed by atoms with Crippen LogP contribution in [0.1, 0.15) is 30.0 Å². The van der Waals surface area contributed by atoms with Crippen LogP contribution in [0.3, 0.4) is 0 Å². The molecule has 1 atom stereocenters. The van der Waals surface area contributed by atoms with E-state index in [0.29, 0.717) is 13.1 Å². The highest BCUT2D eigenvalue weighted by molar-refractivity contribution is 5.78. The largest absolute Gasteiger partial charge is 0.356 e. The topological polar surface area (TPSA) is 110 Å². The van der Waals surface area contributed by atoms with Gasteiger partial charge in [0.15, 0.2) is 0 Å². The van der Waals surface area contributed by atoms with Crippen LogP contribution in [0.25, 0.3) is 0 Å². The van der Waals surface area contributed by atoms with E-state index in [2.05, 4.69) is 10.6 Å². The van der Waals surface area contributed by atoms with Gasteiger partial charge in [-0.05, 0) is 31.0 Å². The highest BCUT2D eigenvalue weighted by Crippen LogP contribution is 2.20. The molecule has 110 valence electrons. The van der Waals surface area contributed by atoms with Gasteiger partial charge in [0.2, 0.25) is 5.91 Å². The number of carbonyl (C=O) groups is 2. The maximum absolute atomic E-state index is 11.9. The van der Waals surface area contributed by atoms with Gasteiger partial charge in [0, 0.05) is 6.54 Å². The normalized spacial score (nSPS) is 11.7. The van der Waals surface area contributed by atoms with E-state index in [-0.39, 0.29) is 12.3 Å². The predicted molar refractivity (Wildman–Crippen MR) is 77.9 cm³/mol. The third kappa shape index (κ3) is 5.27. The fourth-order valence-electron chi connectivity index (χ4n) is 1.98. The van der Waals surface area contributed by atoms with Crippen molar-refractivity contribution >= 4 is 11.9 Å². The van der Waals surface area contributed by atoms with Gasteiger partial charge < -0.3 is 22.1 Å². The summed E-state index contributed by atoms with van der Waals surface area (Å²) in [5.41, 5.74) is 12.4. The van der Waals surface area contributed by atoms with Gasteiger partial charge >= 0.3 is 6.03 Å². The van der Waals surface area contributed by atoms with Crippen molar-refractivity contribution in [3.8, 4) is 0 Å². The number of nitrogens with one attached hydrogen (secondary N) is 2. The Morgan fingerprint density at radius 2 is 2.00 bits per heavy atom. The number of primary amides is 1. The summed E-state index contributed by atoms with van der Waals surface area (Å²) in [6.07, 6.45) is 0.877. The van der Waals surface area contributed by atoms with Crippen molar-refractivity contribution in [3.63, 3.8) is 0 Å². The van der Waals surface area contributed by atoms with Gasteiger partial charge in [-0.1, -0.05) is 24.3 Å². The first kappa shape index (κ1) is 16.0. The van der Waals surface area contributed by atoms with E-state index in [1.165, 1.54) is 0 Å². The summed E-state index contributed by atoms with van der Waals surface area (Å²) in [6, 6.07) is 6.51. The molecule has 0 heterocycles. The Morgan fingerprint density at radius 3 is 2.60 bits per heavy atom. The van der Waals surface area contributed by atoms with Crippen LogP contribution in [0, 0.1) is 6.92 Å². The molecule has 6 N–H and O–H groups in total. The minimum atomic E-state index is -0.645. The Morgan fingerprint density at radius 1 is 1.30 bits per heavy atom. The molecule has 0 radical (unpaired) electrons. The Bertz CT molecular complexity index is 462. The molecule has 0 fully saturated rings. The average molecular weight is 278 g/mol. The van der Waals surface area contributed by atoms with E-state index >= 15 is 0 Å². The maximum atomic E-state index is 11.9. The summed E-state index contributed by atoms with van der Waals surface area (Å²) in [5.74, 6) is -0.138. The number of rotatable bonds is 7. The smallest absolute Gasteiger partial charge is 0.312 e. The first-order chi connectivity index (χ1) is 9.54. The molecule has 0 aliphatic carbocycles. The summed E-state index contributed by atoms with van der Waals surface area (Å²) < 4.78 is 0. The van der Waals surface area contributed by atoms with Crippen LogP contribution in [0.2, 0.25) is 0 Å². The number of nitrogens with two attached hydrogens (primary N) is 2. The molecule has 1 unspecified atom stereocenters. The molecule has 1 rings (SSSR count). The number of carbonyl (C=O) groups excluding carboxylic acids is 2.